The fourth-order valence-corrected chi connectivity index (χ4v) is 1.44. The topological polar surface area (TPSA) is 51.0 Å². The molecule has 4 heteroatoms. The van der Waals surface area contributed by atoms with Gasteiger partial charge in [-0.25, -0.2) is 0 Å². The van der Waals surface area contributed by atoms with Crippen molar-refractivity contribution in [2.24, 2.45) is 5.16 Å². The number of unbranched alkanes of at least 4 members (excludes halogenated alkanes) is 1. The molecule has 0 saturated carbocycles. The smallest absolute Gasteiger partial charge is 0.120 e. The van der Waals surface area contributed by atoms with E-state index in [1.807, 2.05) is 24.3 Å². The minimum absolute atomic E-state index is 0.530. The molecule has 0 aliphatic rings. The second kappa shape index (κ2) is 8.53. The highest BCUT2D eigenvalue weighted by molar-refractivity contribution is 5.98. The van der Waals surface area contributed by atoms with Gasteiger partial charge in [0.05, 0.1) is 12.3 Å². The first-order chi connectivity index (χ1) is 8.77. The minimum atomic E-state index is 0.530. The van der Waals surface area contributed by atoms with E-state index in [-0.39, 0.29) is 0 Å². The van der Waals surface area contributed by atoms with Gasteiger partial charge in [-0.3, -0.25) is 0 Å². The summed E-state index contributed by atoms with van der Waals surface area (Å²) in [4.78, 5) is 0. The average Bonchev–Trinajstić information content (AvgIpc) is 2.42. The summed E-state index contributed by atoms with van der Waals surface area (Å²) in [6.07, 6.45) is 2.23. The molecule has 0 unspecified atom stereocenters. The molecule has 0 radical (unpaired) electrons. The molecule has 1 rings (SSSR count). The first-order valence-electron chi connectivity index (χ1n) is 6.27. The van der Waals surface area contributed by atoms with Crippen LogP contribution in [0.1, 0.15) is 32.3 Å². The third-order valence-corrected chi connectivity index (χ3v) is 2.54. The molecule has 0 heterocycles. The standard InChI is InChI=1S/C14H21NO3/c1-3-4-8-17-9-10-18-14-7-5-6-13(11-14)12(2)15-16/h5-7,11,16H,3-4,8-10H2,1-2H3/b15-12+. The van der Waals surface area contributed by atoms with E-state index in [1.165, 1.54) is 0 Å². The highest BCUT2D eigenvalue weighted by Gasteiger charge is 2.00. The van der Waals surface area contributed by atoms with E-state index in [9.17, 15) is 0 Å². The lowest BCUT2D eigenvalue weighted by molar-refractivity contribution is 0.0980. The van der Waals surface area contributed by atoms with Crippen LogP contribution >= 0.6 is 0 Å². The zero-order chi connectivity index (χ0) is 13.2. The minimum Gasteiger partial charge on any atom is -0.491 e. The number of hydrogen-bond acceptors (Lipinski definition) is 4. The van der Waals surface area contributed by atoms with Gasteiger partial charge in [-0.2, -0.15) is 0 Å². The lowest BCUT2D eigenvalue weighted by Gasteiger charge is -2.08. The van der Waals surface area contributed by atoms with Crippen molar-refractivity contribution in [3.8, 4) is 5.75 Å². The fraction of sp³-hybridized carbons (Fsp3) is 0.500. The Bertz CT molecular complexity index is 377. The summed E-state index contributed by atoms with van der Waals surface area (Å²) in [5.41, 5.74) is 1.42. The van der Waals surface area contributed by atoms with Gasteiger partial charge < -0.3 is 14.7 Å². The molecule has 0 spiro atoms. The summed E-state index contributed by atoms with van der Waals surface area (Å²) in [6.45, 7) is 5.79. The summed E-state index contributed by atoms with van der Waals surface area (Å²) in [5, 5.41) is 11.9. The fourth-order valence-electron chi connectivity index (χ4n) is 1.44. The Kier molecular flexibility index (Phi) is 6.87. The van der Waals surface area contributed by atoms with Crippen LogP contribution in [0.5, 0.6) is 5.75 Å². The molecule has 1 aromatic rings. The molecular weight excluding hydrogens is 230 g/mol. The number of oxime groups is 1. The van der Waals surface area contributed by atoms with Gasteiger partial charge >= 0.3 is 0 Å². The van der Waals surface area contributed by atoms with E-state index in [0.29, 0.717) is 18.9 Å². The molecule has 0 aromatic heterocycles. The second-order valence-electron chi connectivity index (χ2n) is 4.03. The van der Waals surface area contributed by atoms with Crippen LogP contribution in [0.25, 0.3) is 0 Å². The van der Waals surface area contributed by atoms with Crippen LogP contribution in [0.2, 0.25) is 0 Å². The molecule has 0 aliphatic carbocycles. The molecule has 0 amide bonds. The van der Waals surface area contributed by atoms with E-state index in [2.05, 4.69) is 12.1 Å². The zero-order valence-corrected chi connectivity index (χ0v) is 11.1. The largest absolute Gasteiger partial charge is 0.491 e. The first-order valence-corrected chi connectivity index (χ1v) is 6.27. The van der Waals surface area contributed by atoms with E-state index >= 15 is 0 Å². The van der Waals surface area contributed by atoms with Crippen LogP contribution in [0.3, 0.4) is 0 Å². The predicted octanol–water partition coefficient (Wildman–Crippen LogP) is 3.08. The molecule has 1 N–H and O–H groups in total. The number of ether oxygens (including phenoxy) is 2. The Labute approximate surface area is 108 Å². The van der Waals surface area contributed by atoms with Crippen molar-refractivity contribution >= 4 is 5.71 Å². The Balaban J connectivity index is 2.34. The SMILES string of the molecule is CCCCOCCOc1cccc(/C(C)=N/O)c1. The van der Waals surface area contributed by atoms with Crippen LogP contribution < -0.4 is 4.74 Å². The summed E-state index contributed by atoms with van der Waals surface area (Å²) < 4.78 is 11.0. The van der Waals surface area contributed by atoms with Crippen molar-refractivity contribution in [3.63, 3.8) is 0 Å². The third kappa shape index (κ3) is 5.19. The van der Waals surface area contributed by atoms with Gasteiger partial charge in [0.1, 0.15) is 12.4 Å². The van der Waals surface area contributed by atoms with Crippen molar-refractivity contribution in [1.29, 1.82) is 0 Å². The van der Waals surface area contributed by atoms with Crippen LogP contribution in [0.15, 0.2) is 29.4 Å². The zero-order valence-electron chi connectivity index (χ0n) is 11.1. The molecule has 0 atom stereocenters. The van der Waals surface area contributed by atoms with Gasteiger partial charge in [-0.15, -0.1) is 0 Å². The lowest BCUT2D eigenvalue weighted by atomic mass is 10.1. The second-order valence-corrected chi connectivity index (χ2v) is 4.03. The number of benzene rings is 1. The lowest BCUT2D eigenvalue weighted by Crippen LogP contribution is -2.07. The molecule has 1 aromatic carbocycles. The number of nitrogens with zero attached hydrogens (tertiary/aromatic N) is 1. The van der Waals surface area contributed by atoms with Gasteiger partial charge in [-0.1, -0.05) is 30.6 Å². The van der Waals surface area contributed by atoms with E-state index < -0.39 is 0 Å². The number of rotatable bonds is 8. The molecule has 18 heavy (non-hydrogen) atoms. The molecular formula is C14H21NO3. The van der Waals surface area contributed by atoms with E-state index in [0.717, 1.165) is 30.8 Å². The monoisotopic (exact) mass is 251 g/mol. The Morgan fingerprint density at radius 3 is 2.83 bits per heavy atom. The normalized spacial score (nSPS) is 11.6. The van der Waals surface area contributed by atoms with Gasteiger partial charge in [0, 0.05) is 12.2 Å². The summed E-state index contributed by atoms with van der Waals surface area (Å²) in [6, 6.07) is 7.47. The van der Waals surface area contributed by atoms with Crippen LogP contribution in [0.4, 0.5) is 0 Å². The number of hydrogen-bond donors (Lipinski definition) is 1. The highest BCUT2D eigenvalue weighted by atomic mass is 16.5. The van der Waals surface area contributed by atoms with Crippen molar-refractivity contribution in [3.05, 3.63) is 29.8 Å². The average molecular weight is 251 g/mol. The molecule has 100 valence electrons. The molecule has 0 bridgehead atoms. The Morgan fingerprint density at radius 2 is 2.11 bits per heavy atom. The van der Waals surface area contributed by atoms with Crippen LogP contribution in [-0.4, -0.2) is 30.7 Å². The van der Waals surface area contributed by atoms with Crippen molar-refractivity contribution in [1.82, 2.24) is 0 Å². The molecule has 4 nitrogen and oxygen atoms in total. The quantitative estimate of drug-likeness (QED) is 0.334. The van der Waals surface area contributed by atoms with Crippen molar-refractivity contribution < 1.29 is 14.7 Å². The van der Waals surface area contributed by atoms with Gasteiger partial charge in [0.15, 0.2) is 0 Å². The maximum Gasteiger partial charge on any atom is 0.120 e. The highest BCUT2D eigenvalue weighted by Crippen LogP contribution is 2.13. The van der Waals surface area contributed by atoms with Crippen molar-refractivity contribution in [2.75, 3.05) is 19.8 Å². The van der Waals surface area contributed by atoms with E-state index in [4.69, 9.17) is 14.7 Å². The van der Waals surface area contributed by atoms with Crippen LogP contribution in [-0.2, 0) is 4.74 Å². The molecule has 0 aliphatic heterocycles. The van der Waals surface area contributed by atoms with Crippen molar-refractivity contribution in [2.45, 2.75) is 26.7 Å². The first kappa shape index (κ1) is 14.5. The summed E-state index contributed by atoms with van der Waals surface area (Å²) >= 11 is 0. The van der Waals surface area contributed by atoms with Gasteiger partial charge in [0.2, 0.25) is 0 Å². The Hall–Kier alpha value is -1.55. The summed E-state index contributed by atoms with van der Waals surface area (Å²) in [7, 11) is 0. The summed E-state index contributed by atoms with van der Waals surface area (Å²) in [5.74, 6) is 0.759. The van der Waals surface area contributed by atoms with E-state index in [1.54, 1.807) is 6.92 Å². The maximum atomic E-state index is 8.70. The maximum absolute atomic E-state index is 8.70. The van der Waals surface area contributed by atoms with Crippen LogP contribution in [0, 0.1) is 0 Å². The van der Waals surface area contributed by atoms with Gasteiger partial charge in [0.25, 0.3) is 0 Å². The molecule has 0 fully saturated rings. The third-order valence-electron chi connectivity index (χ3n) is 2.54. The van der Waals surface area contributed by atoms with Gasteiger partial charge in [-0.05, 0) is 25.5 Å². The predicted molar refractivity (Wildman–Crippen MR) is 71.7 cm³/mol. The molecule has 0 saturated heterocycles. The Morgan fingerprint density at radius 1 is 1.28 bits per heavy atom.